The van der Waals surface area contributed by atoms with Gasteiger partial charge >= 0.3 is 25.7 Å². The molecule has 23 nitrogen and oxygen atoms in total. The van der Waals surface area contributed by atoms with Gasteiger partial charge in [0.05, 0.1) is 38.6 Å². The van der Waals surface area contributed by atoms with Gasteiger partial charge in [-0.15, -0.1) is 0 Å². The number of ether oxygens (including phenoxy) is 6. The van der Waals surface area contributed by atoms with E-state index in [0.717, 1.165) is 154 Å². The Morgan fingerprint density at radius 3 is 1.14 bits per heavy atom. The molecule has 13 atom stereocenters. The van der Waals surface area contributed by atoms with Gasteiger partial charge in [0.2, 0.25) is 11.8 Å². The summed E-state index contributed by atoms with van der Waals surface area (Å²) in [7, 11) is -5.55. The van der Waals surface area contributed by atoms with Crippen LogP contribution in [-0.4, -0.2) is 158 Å². The molecule has 0 bridgehead atoms. The molecule has 0 aliphatic carbocycles. The van der Waals surface area contributed by atoms with Crippen LogP contribution in [0.25, 0.3) is 0 Å². The SMILES string of the molecule is CCCCCCCCCCCCCC(=O)O[C@H](CCCCCCCCCCC)CC(=O)O[C@@H]1[C@@H](NC(=O)C[C@@H](CCCCCCCCCCC)OC(=O)CCCCCCCCCCC)[C@H](OC[C@H]2O[C@H](O)[C@H](NC(=O)C[C@H](O)CCCCCCCCCCC)[C@@H](O)[C@@H]2O)O[C@H](CO)[C@H]1OP(=O)(O)O.N. The standard InChI is InChI=1S/C80H151N2O20P.H3N/c1-6-11-16-21-26-31-32-37-42-47-52-57-71(88)98-65(55-50-45-40-35-29-24-19-14-9-4)60-72(89)101-78-74(82-69(86)59-64(54-49-44-39-34-28-23-18-13-8-3)97-70(87)56-51-46-41-36-30-25-20-15-10-5)80(100-66(61-83)77(78)102-103(93,94)95)96-62-67-75(90)76(91)73(79(92)99-67)81-68(85)58-63(84)53-48-43-38-33-27-22-17-12-7-2;/h63-67,73-80,83-84,90-92H,6-62H2,1-5H3,(H,81,85)(H,82,86)(H2,93,94,95);1H3/t63-,64-,65-,66-,67-,73-,74-,75-,76-,77-,78-,79+,80-;/m1./s1. The fourth-order valence-electron chi connectivity index (χ4n) is 14.1. The van der Waals surface area contributed by atoms with Crippen LogP contribution >= 0.6 is 7.82 Å². The first-order chi connectivity index (χ1) is 49.8. The van der Waals surface area contributed by atoms with Gasteiger partial charge in [-0.05, 0) is 44.9 Å². The maximum atomic E-state index is 14.8. The van der Waals surface area contributed by atoms with E-state index in [-0.39, 0.29) is 25.4 Å². The van der Waals surface area contributed by atoms with E-state index in [0.29, 0.717) is 51.4 Å². The average Bonchev–Trinajstić information content (AvgIpc) is 0.781. The van der Waals surface area contributed by atoms with Crippen molar-refractivity contribution in [2.75, 3.05) is 13.2 Å². The van der Waals surface area contributed by atoms with Crippen molar-refractivity contribution in [1.29, 1.82) is 0 Å². The molecule has 2 rings (SSSR count). The summed E-state index contributed by atoms with van der Waals surface area (Å²) < 4.78 is 54.7. The van der Waals surface area contributed by atoms with Crippen LogP contribution in [0.3, 0.4) is 0 Å². The van der Waals surface area contributed by atoms with Crippen molar-refractivity contribution in [2.45, 2.75) is 467 Å². The van der Waals surface area contributed by atoms with Crippen LogP contribution in [-0.2, 0) is 61.5 Å². The summed E-state index contributed by atoms with van der Waals surface area (Å²) in [5.41, 5.74) is 0. The summed E-state index contributed by atoms with van der Waals surface area (Å²) >= 11 is 0. The van der Waals surface area contributed by atoms with E-state index in [1.54, 1.807) is 0 Å². The molecule has 104 heavy (non-hydrogen) atoms. The van der Waals surface area contributed by atoms with E-state index in [1.807, 2.05) is 0 Å². The van der Waals surface area contributed by atoms with Gasteiger partial charge in [0.25, 0.3) is 0 Å². The number of hydrogen-bond donors (Lipinski definition) is 10. The van der Waals surface area contributed by atoms with Crippen LogP contribution in [0.5, 0.6) is 0 Å². The van der Waals surface area contributed by atoms with Gasteiger partial charge in [-0.3, -0.25) is 28.5 Å². The molecule has 12 N–H and O–H groups in total. The van der Waals surface area contributed by atoms with Gasteiger partial charge < -0.3 is 80.5 Å². The number of phosphoric ester groups is 1. The first-order valence-corrected chi connectivity index (χ1v) is 43.5. The number of amides is 2. The minimum atomic E-state index is -5.55. The normalized spacial score (nSPS) is 21.4. The van der Waals surface area contributed by atoms with Crippen LogP contribution in [0.4, 0.5) is 0 Å². The highest BCUT2D eigenvalue weighted by molar-refractivity contribution is 7.46. The third-order valence-electron chi connectivity index (χ3n) is 20.3. The summed E-state index contributed by atoms with van der Waals surface area (Å²) in [6, 6.07) is -3.31. The third kappa shape index (κ3) is 50.0. The Labute approximate surface area is 629 Å². The summed E-state index contributed by atoms with van der Waals surface area (Å²) in [6.45, 7) is 9.17. The number of aliphatic hydroxyl groups excluding tert-OH is 5. The van der Waals surface area contributed by atoms with Gasteiger partial charge in [0, 0.05) is 12.8 Å². The Kier molecular flexibility index (Phi) is 61.8. The van der Waals surface area contributed by atoms with Crippen molar-refractivity contribution < 1.29 is 96.8 Å². The zero-order chi connectivity index (χ0) is 75.6. The number of esters is 3. The van der Waals surface area contributed by atoms with Gasteiger partial charge in [0.15, 0.2) is 18.7 Å². The number of nitrogens with one attached hydrogen (secondary N) is 2. The number of hydrogen-bond acceptors (Lipinski definition) is 19. The van der Waals surface area contributed by atoms with Crippen molar-refractivity contribution in [3.63, 3.8) is 0 Å². The Balaban J connectivity index is 0.0000541. The van der Waals surface area contributed by atoms with Crippen LogP contribution in [0.1, 0.15) is 388 Å². The Hall–Kier alpha value is -2.90. The number of unbranched alkanes of at least 4 members (excludes halogenated alkanes) is 42. The quantitative estimate of drug-likeness (QED) is 0.0117. The number of rotatable bonds is 69. The van der Waals surface area contributed by atoms with E-state index < -0.39 is 143 Å². The zero-order valence-corrected chi connectivity index (χ0v) is 66.8. The highest BCUT2D eigenvalue weighted by atomic mass is 31.2. The number of aliphatic hydroxyl groups is 5. The van der Waals surface area contributed by atoms with Crippen molar-refractivity contribution in [2.24, 2.45) is 0 Å². The molecule has 2 saturated heterocycles. The summed E-state index contributed by atoms with van der Waals surface area (Å²) in [4.78, 5) is 90.9. The van der Waals surface area contributed by atoms with Crippen LogP contribution in [0.2, 0.25) is 0 Å². The second-order valence-electron chi connectivity index (χ2n) is 30.0. The fraction of sp³-hybridized carbons (Fsp3) is 0.938. The molecule has 24 heteroatoms. The first-order valence-electron chi connectivity index (χ1n) is 42.0. The highest BCUT2D eigenvalue weighted by Crippen LogP contribution is 2.43. The topological polar surface area (TPSA) is 368 Å². The zero-order valence-electron chi connectivity index (χ0n) is 65.9. The van der Waals surface area contributed by atoms with Crippen LogP contribution < -0.4 is 16.8 Å². The lowest BCUT2D eigenvalue weighted by atomic mass is 9.95. The molecular weight excluding hydrogens is 1350 g/mol. The molecular formula is C80H154N3O20P. The van der Waals surface area contributed by atoms with Gasteiger partial charge in [-0.1, -0.05) is 311 Å². The Bertz CT molecular complexity index is 2150. The minimum Gasteiger partial charge on any atom is -0.462 e. The molecule has 614 valence electrons. The molecule has 2 aliphatic heterocycles. The molecule has 0 spiro atoms. The Morgan fingerprint density at radius 2 is 0.760 bits per heavy atom. The van der Waals surface area contributed by atoms with Crippen LogP contribution in [0.15, 0.2) is 0 Å². The van der Waals surface area contributed by atoms with Crippen molar-refractivity contribution in [3.05, 3.63) is 0 Å². The van der Waals surface area contributed by atoms with Gasteiger partial charge in [-0.25, -0.2) is 4.57 Å². The fourth-order valence-corrected chi connectivity index (χ4v) is 14.6. The predicted molar refractivity (Wildman–Crippen MR) is 408 cm³/mol. The lowest BCUT2D eigenvalue weighted by Gasteiger charge is -2.46. The maximum Gasteiger partial charge on any atom is 0.470 e. The minimum absolute atomic E-state index is 0. The second kappa shape index (κ2) is 64.9. The van der Waals surface area contributed by atoms with E-state index in [2.05, 4.69) is 45.3 Å². The first kappa shape index (κ1) is 99.1. The summed E-state index contributed by atoms with van der Waals surface area (Å²) in [6.07, 6.45) is 31.8. The molecule has 2 aliphatic rings. The van der Waals surface area contributed by atoms with E-state index in [4.69, 9.17) is 32.9 Å². The molecule has 0 aromatic rings. The van der Waals surface area contributed by atoms with Crippen molar-refractivity contribution >= 4 is 37.5 Å². The maximum absolute atomic E-state index is 14.8. The van der Waals surface area contributed by atoms with Gasteiger partial charge in [-0.2, -0.15) is 0 Å². The van der Waals surface area contributed by atoms with E-state index >= 15 is 0 Å². The smallest absolute Gasteiger partial charge is 0.462 e. The molecule has 0 aromatic heterocycles. The van der Waals surface area contributed by atoms with E-state index in [9.17, 15) is 63.9 Å². The molecule has 0 radical (unpaired) electrons. The molecule has 0 unspecified atom stereocenters. The van der Waals surface area contributed by atoms with Gasteiger partial charge in [0.1, 0.15) is 54.8 Å². The summed E-state index contributed by atoms with van der Waals surface area (Å²) in [5, 5.41) is 61.2. The molecule has 0 saturated carbocycles. The number of carbonyl (C=O) groups is 5. The monoisotopic (exact) mass is 1510 g/mol. The lowest BCUT2D eigenvalue weighted by molar-refractivity contribution is -0.297. The predicted octanol–water partition coefficient (Wildman–Crippen LogP) is 16.4. The molecule has 2 heterocycles. The van der Waals surface area contributed by atoms with Crippen LogP contribution in [0, 0.1) is 0 Å². The average molecular weight is 1510 g/mol. The Morgan fingerprint density at radius 1 is 0.413 bits per heavy atom. The molecule has 2 amide bonds. The molecule has 0 aromatic carbocycles. The second-order valence-corrected chi connectivity index (χ2v) is 31.2. The van der Waals surface area contributed by atoms with Crippen molar-refractivity contribution in [3.8, 4) is 0 Å². The largest absolute Gasteiger partial charge is 0.470 e. The van der Waals surface area contributed by atoms with E-state index in [1.165, 1.54) is 116 Å². The number of carbonyl (C=O) groups excluding carboxylic acids is 5. The third-order valence-corrected chi connectivity index (χ3v) is 20.9. The highest BCUT2D eigenvalue weighted by Gasteiger charge is 2.53. The molecule has 2 fully saturated rings. The lowest BCUT2D eigenvalue weighted by Crippen LogP contribution is -2.67. The number of phosphoric acid groups is 1. The van der Waals surface area contributed by atoms with Crippen molar-refractivity contribution in [1.82, 2.24) is 16.8 Å². The summed E-state index contributed by atoms with van der Waals surface area (Å²) in [5.74, 6) is -3.46.